The van der Waals surface area contributed by atoms with E-state index in [1.807, 2.05) is 6.07 Å². The summed E-state index contributed by atoms with van der Waals surface area (Å²) in [6.07, 6.45) is 1.50. The zero-order valence-electron chi connectivity index (χ0n) is 11.7. The molecule has 0 aliphatic carbocycles. The van der Waals surface area contributed by atoms with Gasteiger partial charge in [0.25, 0.3) is 5.91 Å². The van der Waals surface area contributed by atoms with Gasteiger partial charge in [0.1, 0.15) is 19.0 Å². The number of hydrazone groups is 1. The number of nitrogens with one attached hydrogen (secondary N) is 1. The maximum atomic E-state index is 11.9. The lowest BCUT2D eigenvalue weighted by molar-refractivity contribution is 0.0952. The fourth-order valence-electron chi connectivity index (χ4n) is 2.03. The summed E-state index contributed by atoms with van der Waals surface area (Å²) in [7, 11) is 0. The molecule has 0 saturated heterocycles. The molecule has 0 spiro atoms. The number of ether oxygens (including phenoxy) is 2. The van der Waals surface area contributed by atoms with Gasteiger partial charge in [-0.05, 0) is 35.9 Å². The maximum absolute atomic E-state index is 11.9. The summed E-state index contributed by atoms with van der Waals surface area (Å²) in [5.41, 5.74) is 3.30. The number of para-hydroxylation sites is 1. The molecule has 1 aliphatic rings. The monoisotopic (exact) mass is 298 g/mol. The van der Waals surface area contributed by atoms with Crippen molar-refractivity contribution in [2.75, 3.05) is 13.2 Å². The summed E-state index contributed by atoms with van der Waals surface area (Å²) < 4.78 is 10.9. The molecule has 0 fully saturated rings. The maximum Gasteiger partial charge on any atom is 0.275 e. The molecule has 0 aromatic heterocycles. The highest BCUT2D eigenvalue weighted by Crippen LogP contribution is 2.30. The number of phenolic OH excluding ortho intramolecular Hbond substituents is 1. The van der Waals surface area contributed by atoms with Crippen LogP contribution < -0.4 is 14.9 Å². The van der Waals surface area contributed by atoms with E-state index in [1.54, 1.807) is 24.3 Å². The van der Waals surface area contributed by atoms with E-state index in [0.717, 1.165) is 5.56 Å². The molecular weight excluding hydrogens is 284 g/mol. The Kier molecular flexibility index (Phi) is 3.91. The number of carbonyl (C=O) groups excluding carboxylic acids is 1. The first-order valence-corrected chi connectivity index (χ1v) is 6.75. The fraction of sp³-hybridized carbons (Fsp3) is 0.125. The highest BCUT2D eigenvalue weighted by molar-refractivity contribution is 5.97. The molecule has 22 heavy (non-hydrogen) atoms. The second-order valence-electron chi connectivity index (χ2n) is 4.62. The Morgan fingerprint density at radius 3 is 2.73 bits per heavy atom. The first-order chi connectivity index (χ1) is 10.7. The minimum atomic E-state index is -0.480. The Morgan fingerprint density at radius 2 is 1.91 bits per heavy atom. The van der Waals surface area contributed by atoms with E-state index < -0.39 is 5.91 Å². The third kappa shape index (κ3) is 3.01. The molecule has 0 bridgehead atoms. The molecule has 6 heteroatoms. The van der Waals surface area contributed by atoms with Crippen LogP contribution in [-0.4, -0.2) is 30.4 Å². The minimum Gasteiger partial charge on any atom is -0.507 e. The van der Waals surface area contributed by atoms with Crippen molar-refractivity contribution in [2.45, 2.75) is 0 Å². The number of hydrogen-bond donors (Lipinski definition) is 2. The molecule has 0 unspecified atom stereocenters. The average Bonchev–Trinajstić information content (AvgIpc) is 2.55. The lowest BCUT2D eigenvalue weighted by Gasteiger charge is -2.18. The molecule has 112 valence electrons. The number of aromatic hydroxyl groups is 1. The van der Waals surface area contributed by atoms with Crippen molar-refractivity contribution in [1.82, 2.24) is 5.43 Å². The van der Waals surface area contributed by atoms with Gasteiger partial charge in [0.2, 0.25) is 0 Å². The number of hydrogen-bond acceptors (Lipinski definition) is 5. The highest BCUT2D eigenvalue weighted by atomic mass is 16.6. The topological polar surface area (TPSA) is 80.2 Å². The number of fused-ring (bicyclic) bond motifs is 1. The number of nitrogens with zero attached hydrogens (tertiary/aromatic N) is 1. The van der Waals surface area contributed by atoms with Crippen LogP contribution in [-0.2, 0) is 0 Å². The van der Waals surface area contributed by atoms with Crippen molar-refractivity contribution in [2.24, 2.45) is 5.10 Å². The zero-order chi connectivity index (χ0) is 15.4. The van der Waals surface area contributed by atoms with Crippen LogP contribution in [0.4, 0.5) is 0 Å². The summed E-state index contributed by atoms with van der Waals surface area (Å²) in [4.78, 5) is 11.9. The third-order valence-corrected chi connectivity index (χ3v) is 3.09. The predicted molar refractivity (Wildman–Crippen MR) is 80.6 cm³/mol. The quantitative estimate of drug-likeness (QED) is 0.670. The van der Waals surface area contributed by atoms with Gasteiger partial charge in [0.15, 0.2) is 11.5 Å². The largest absolute Gasteiger partial charge is 0.507 e. The molecule has 2 aromatic rings. The van der Waals surface area contributed by atoms with Crippen molar-refractivity contribution in [1.29, 1.82) is 0 Å². The summed E-state index contributed by atoms with van der Waals surface area (Å²) in [6, 6.07) is 11.7. The molecule has 1 aliphatic heterocycles. The van der Waals surface area contributed by atoms with Gasteiger partial charge in [-0.1, -0.05) is 12.1 Å². The molecule has 6 nitrogen and oxygen atoms in total. The molecule has 0 radical (unpaired) electrons. The Bertz CT molecular complexity index is 728. The Hall–Kier alpha value is -3.02. The van der Waals surface area contributed by atoms with Crippen LogP contribution in [0.3, 0.4) is 0 Å². The SMILES string of the molecule is O=C(N/N=C/c1ccc2c(c1)OCCO2)c1ccccc1O. The molecule has 2 N–H and O–H groups in total. The van der Waals surface area contributed by atoms with E-state index in [4.69, 9.17) is 9.47 Å². The standard InChI is InChI=1S/C16H14N2O4/c19-13-4-2-1-3-12(13)16(20)18-17-10-11-5-6-14-15(9-11)22-8-7-21-14/h1-6,9-10,19H,7-8H2,(H,18,20)/b17-10+. The van der Waals surface area contributed by atoms with Crippen molar-refractivity contribution in [3.8, 4) is 17.2 Å². The van der Waals surface area contributed by atoms with Crippen LogP contribution in [0.1, 0.15) is 15.9 Å². The number of rotatable bonds is 3. The molecule has 0 atom stereocenters. The molecule has 2 aromatic carbocycles. The van der Waals surface area contributed by atoms with Gasteiger partial charge in [0.05, 0.1) is 11.8 Å². The number of amides is 1. The normalized spacial score (nSPS) is 13.1. The second-order valence-corrected chi connectivity index (χ2v) is 4.62. The minimum absolute atomic E-state index is 0.0884. The predicted octanol–water partition coefficient (Wildman–Crippen LogP) is 1.93. The van der Waals surface area contributed by atoms with E-state index in [-0.39, 0.29) is 11.3 Å². The summed E-state index contributed by atoms with van der Waals surface area (Å²) in [6.45, 7) is 1.05. The van der Waals surface area contributed by atoms with Crippen LogP contribution in [0.15, 0.2) is 47.6 Å². The van der Waals surface area contributed by atoms with E-state index in [0.29, 0.717) is 24.7 Å². The van der Waals surface area contributed by atoms with E-state index in [1.165, 1.54) is 18.3 Å². The van der Waals surface area contributed by atoms with E-state index >= 15 is 0 Å². The average molecular weight is 298 g/mol. The van der Waals surface area contributed by atoms with Gasteiger partial charge >= 0.3 is 0 Å². The number of phenols is 1. The summed E-state index contributed by atoms with van der Waals surface area (Å²) in [5.74, 6) is 0.783. The van der Waals surface area contributed by atoms with Crippen LogP contribution in [0.25, 0.3) is 0 Å². The first kappa shape index (κ1) is 13.9. The van der Waals surface area contributed by atoms with Crippen LogP contribution >= 0.6 is 0 Å². The second kappa shape index (κ2) is 6.17. The van der Waals surface area contributed by atoms with Crippen LogP contribution in [0, 0.1) is 0 Å². The van der Waals surface area contributed by atoms with E-state index in [9.17, 15) is 9.90 Å². The molecule has 1 heterocycles. The highest BCUT2D eigenvalue weighted by Gasteiger charge is 2.11. The van der Waals surface area contributed by atoms with Gasteiger partial charge < -0.3 is 14.6 Å². The van der Waals surface area contributed by atoms with Gasteiger partial charge in [0, 0.05) is 0 Å². The van der Waals surface area contributed by atoms with E-state index in [2.05, 4.69) is 10.5 Å². The van der Waals surface area contributed by atoms with Crippen molar-refractivity contribution in [3.05, 3.63) is 53.6 Å². The van der Waals surface area contributed by atoms with Gasteiger partial charge in [-0.3, -0.25) is 4.79 Å². The molecule has 1 amide bonds. The van der Waals surface area contributed by atoms with Gasteiger partial charge in [-0.2, -0.15) is 5.10 Å². The van der Waals surface area contributed by atoms with Crippen molar-refractivity contribution < 1.29 is 19.4 Å². The Labute approximate surface area is 127 Å². The van der Waals surface area contributed by atoms with Crippen molar-refractivity contribution in [3.63, 3.8) is 0 Å². The molecule has 0 saturated carbocycles. The third-order valence-electron chi connectivity index (χ3n) is 3.09. The van der Waals surface area contributed by atoms with Crippen LogP contribution in [0.2, 0.25) is 0 Å². The van der Waals surface area contributed by atoms with Crippen molar-refractivity contribution >= 4 is 12.1 Å². The Balaban J connectivity index is 1.67. The lowest BCUT2D eigenvalue weighted by Crippen LogP contribution is -2.17. The first-order valence-electron chi connectivity index (χ1n) is 6.75. The number of benzene rings is 2. The fourth-order valence-corrected chi connectivity index (χ4v) is 2.03. The smallest absolute Gasteiger partial charge is 0.275 e. The Morgan fingerprint density at radius 1 is 1.14 bits per heavy atom. The van der Waals surface area contributed by atoms with Gasteiger partial charge in [-0.15, -0.1) is 0 Å². The lowest BCUT2D eigenvalue weighted by atomic mass is 10.2. The summed E-state index contributed by atoms with van der Waals surface area (Å²) >= 11 is 0. The molecule has 3 rings (SSSR count). The summed E-state index contributed by atoms with van der Waals surface area (Å²) in [5, 5.41) is 13.5. The van der Waals surface area contributed by atoms with Crippen LogP contribution in [0.5, 0.6) is 17.2 Å². The number of carbonyl (C=O) groups is 1. The zero-order valence-corrected chi connectivity index (χ0v) is 11.7. The van der Waals surface area contributed by atoms with Gasteiger partial charge in [-0.25, -0.2) is 5.43 Å². The molecular formula is C16H14N2O4.